The zero-order valence-electron chi connectivity index (χ0n) is 12.5. The fourth-order valence-corrected chi connectivity index (χ4v) is 1.81. The molecule has 0 saturated carbocycles. The van der Waals surface area contributed by atoms with Crippen LogP contribution in [0.3, 0.4) is 0 Å². The molecular weight excluding hydrogens is 259 g/mol. The van der Waals surface area contributed by atoms with E-state index in [9.17, 15) is 9.18 Å². The maximum atomic E-state index is 13.5. The van der Waals surface area contributed by atoms with E-state index >= 15 is 0 Å². The minimum atomic E-state index is -0.558. The Hall–Kier alpha value is -1.62. The second-order valence-corrected chi connectivity index (χ2v) is 5.81. The molecule has 112 valence electrons. The third-order valence-electron chi connectivity index (χ3n) is 2.85. The second-order valence-electron chi connectivity index (χ2n) is 5.81. The lowest BCUT2D eigenvalue weighted by Crippen LogP contribution is -2.44. The van der Waals surface area contributed by atoms with Crippen LogP contribution in [0.25, 0.3) is 0 Å². The summed E-state index contributed by atoms with van der Waals surface area (Å²) in [5.74, 6) is -0.254. The van der Waals surface area contributed by atoms with Gasteiger partial charge in [0.1, 0.15) is 11.4 Å². The van der Waals surface area contributed by atoms with Crippen LogP contribution >= 0.6 is 0 Å². The molecule has 0 aliphatic rings. The summed E-state index contributed by atoms with van der Waals surface area (Å²) in [6.07, 6.45) is -0.0405. The first-order valence-electron chi connectivity index (χ1n) is 6.66. The Balaban J connectivity index is 2.68. The minimum Gasteiger partial charge on any atom is -0.444 e. The van der Waals surface area contributed by atoms with Crippen molar-refractivity contribution >= 4 is 6.09 Å². The van der Waals surface area contributed by atoms with Crippen molar-refractivity contribution in [1.29, 1.82) is 0 Å². The highest BCUT2D eigenvalue weighted by Gasteiger charge is 2.19. The van der Waals surface area contributed by atoms with Gasteiger partial charge in [-0.25, -0.2) is 9.18 Å². The zero-order valence-corrected chi connectivity index (χ0v) is 12.5. The highest BCUT2D eigenvalue weighted by molar-refractivity contribution is 5.68. The smallest absolute Gasteiger partial charge is 0.407 e. The van der Waals surface area contributed by atoms with Gasteiger partial charge in [-0.1, -0.05) is 12.1 Å². The summed E-state index contributed by atoms with van der Waals surface area (Å²) in [6, 6.07) is 4.61. The van der Waals surface area contributed by atoms with E-state index in [-0.39, 0.29) is 18.4 Å². The first-order valence-corrected chi connectivity index (χ1v) is 6.66. The standard InChI is InChI=1S/C15H23FN2O2/c1-10-11(6-5-7-13(10)16)8-12(9-17)18-14(19)20-15(2,3)4/h5-7,12H,8-9,17H2,1-4H3,(H,18,19). The van der Waals surface area contributed by atoms with Gasteiger partial charge in [-0.15, -0.1) is 0 Å². The van der Waals surface area contributed by atoms with Crippen LogP contribution < -0.4 is 11.1 Å². The number of hydrogen-bond acceptors (Lipinski definition) is 3. The summed E-state index contributed by atoms with van der Waals surface area (Å²) >= 11 is 0. The molecule has 0 aromatic heterocycles. The molecule has 0 saturated heterocycles. The molecule has 5 heteroatoms. The second kappa shape index (κ2) is 6.70. The number of carbonyl (C=O) groups is 1. The lowest BCUT2D eigenvalue weighted by atomic mass is 10.0. The average Bonchev–Trinajstić information content (AvgIpc) is 2.31. The number of ether oxygens (including phenoxy) is 1. The SMILES string of the molecule is Cc1c(F)cccc1CC(CN)NC(=O)OC(C)(C)C. The van der Waals surface area contributed by atoms with Gasteiger partial charge in [-0.05, 0) is 51.3 Å². The van der Waals surface area contributed by atoms with Crippen LogP contribution in [0.5, 0.6) is 0 Å². The Morgan fingerprint density at radius 3 is 2.65 bits per heavy atom. The molecule has 1 aromatic carbocycles. The van der Waals surface area contributed by atoms with Crippen molar-refractivity contribution in [2.45, 2.75) is 45.8 Å². The summed E-state index contributed by atoms with van der Waals surface area (Å²) < 4.78 is 18.7. The molecule has 1 rings (SSSR count). The van der Waals surface area contributed by atoms with Gasteiger partial charge in [0.15, 0.2) is 0 Å². The van der Waals surface area contributed by atoms with Gasteiger partial charge < -0.3 is 15.8 Å². The normalized spacial score (nSPS) is 12.9. The number of hydrogen-bond donors (Lipinski definition) is 2. The number of benzene rings is 1. The predicted molar refractivity (Wildman–Crippen MR) is 77.1 cm³/mol. The molecule has 0 radical (unpaired) electrons. The monoisotopic (exact) mass is 282 g/mol. The summed E-state index contributed by atoms with van der Waals surface area (Å²) in [7, 11) is 0. The lowest BCUT2D eigenvalue weighted by molar-refractivity contribution is 0.0506. The number of alkyl carbamates (subject to hydrolysis) is 1. The lowest BCUT2D eigenvalue weighted by Gasteiger charge is -2.23. The molecule has 20 heavy (non-hydrogen) atoms. The third kappa shape index (κ3) is 5.17. The summed E-state index contributed by atoms with van der Waals surface area (Å²) in [5, 5.41) is 2.71. The largest absolute Gasteiger partial charge is 0.444 e. The molecule has 0 fully saturated rings. The first kappa shape index (κ1) is 16.4. The number of nitrogens with two attached hydrogens (primary N) is 1. The van der Waals surface area contributed by atoms with Crippen LogP contribution in [0, 0.1) is 12.7 Å². The van der Waals surface area contributed by atoms with Gasteiger partial charge in [-0.3, -0.25) is 0 Å². The molecule has 1 atom stereocenters. The van der Waals surface area contributed by atoms with E-state index in [1.165, 1.54) is 6.07 Å². The molecule has 4 nitrogen and oxygen atoms in total. The molecule has 1 unspecified atom stereocenters. The van der Waals surface area contributed by atoms with Crippen molar-refractivity contribution in [2.24, 2.45) is 5.73 Å². The number of amides is 1. The van der Waals surface area contributed by atoms with E-state index in [2.05, 4.69) is 5.32 Å². The number of rotatable bonds is 4. The van der Waals surface area contributed by atoms with E-state index < -0.39 is 11.7 Å². The van der Waals surface area contributed by atoms with Gasteiger partial charge in [0.2, 0.25) is 0 Å². The molecule has 3 N–H and O–H groups in total. The number of carbonyl (C=O) groups excluding carboxylic acids is 1. The zero-order chi connectivity index (χ0) is 15.3. The highest BCUT2D eigenvalue weighted by atomic mass is 19.1. The van der Waals surface area contributed by atoms with Crippen LogP contribution in [-0.4, -0.2) is 24.3 Å². The highest BCUT2D eigenvalue weighted by Crippen LogP contribution is 2.14. The Bertz CT molecular complexity index is 469. The fraction of sp³-hybridized carbons (Fsp3) is 0.533. The Kier molecular flexibility index (Phi) is 5.51. The fourth-order valence-electron chi connectivity index (χ4n) is 1.81. The minimum absolute atomic E-state index is 0.254. The average molecular weight is 282 g/mol. The van der Waals surface area contributed by atoms with Gasteiger partial charge in [0.05, 0.1) is 0 Å². The van der Waals surface area contributed by atoms with Crippen LogP contribution in [-0.2, 0) is 11.2 Å². The van der Waals surface area contributed by atoms with Crippen molar-refractivity contribution in [3.63, 3.8) is 0 Å². The topological polar surface area (TPSA) is 64.3 Å². The van der Waals surface area contributed by atoms with E-state index in [4.69, 9.17) is 10.5 Å². The van der Waals surface area contributed by atoms with E-state index in [1.54, 1.807) is 33.8 Å². The van der Waals surface area contributed by atoms with E-state index in [1.807, 2.05) is 6.07 Å². The molecule has 0 bridgehead atoms. The summed E-state index contributed by atoms with van der Waals surface area (Å²) in [5.41, 5.74) is 6.51. The molecule has 1 amide bonds. The molecule has 1 aromatic rings. The maximum Gasteiger partial charge on any atom is 0.407 e. The van der Waals surface area contributed by atoms with Crippen molar-refractivity contribution < 1.29 is 13.9 Å². The number of halogens is 1. The van der Waals surface area contributed by atoms with Crippen LogP contribution in [0.4, 0.5) is 9.18 Å². The van der Waals surface area contributed by atoms with Crippen molar-refractivity contribution in [3.05, 3.63) is 35.1 Å². The van der Waals surface area contributed by atoms with E-state index in [0.29, 0.717) is 12.0 Å². The van der Waals surface area contributed by atoms with Crippen molar-refractivity contribution in [3.8, 4) is 0 Å². The van der Waals surface area contributed by atoms with Gasteiger partial charge in [-0.2, -0.15) is 0 Å². The van der Waals surface area contributed by atoms with E-state index in [0.717, 1.165) is 5.56 Å². The number of nitrogens with one attached hydrogen (secondary N) is 1. The molecule has 0 aliphatic carbocycles. The molecule has 0 heterocycles. The summed E-state index contributed by atoms with van der Waals surface area (Å²) in [6.45, 7) is 7.35. The van der Waals surface area contributed by atoms with Gasteiger partial charge in [0, 0.05) is 12.6 Å². The maximum absolute atomic E-state index is 13.5. The predicted octanol–water partition coefficient (Wildman–Crippen LogP) is 2.53. The quantitative estimate of drug-likeness (QED) is 0.892. The van der Waals surface area contributed by atoms with Gasteiger partial charge >= 0.3 is 6.09 Å². The van der Waals surface area contributed by atoms with Gasteiger partial charge in [0.25, 0.3) is 0 Å². The Labute approximate surface area is 119 Å². The van der Waals surface area contributed by atoms with Crippen molar-refractivity contribution in [1.82, 2.24) is 5.32 Å². The molecule has 0 spiro atoms. The third-order valence-corrected chi connectivity index (χ3v) is 2.85. The van der Waals surface area contributed by atoms with Crippen molar-refractivity contribution in [2.75, 3.05) is 6.54 Å². The van der Waals surface area contributed by atoms with Crippen LogP contribution in [0.15, 0.2) is 18.2 Å². The first-order chi connectivity index (χ1) is 9.23. The molecule has 0 aliphatic heterocycles. The van der Waals surface area contributed by atoms with Crippen LogP contribution in [0.1, 0.15) is 31.9 Å². The Morgan fingerprint density at radius 2 is 2.10 bits per heavy atom. The van der Waals surface area contributed by atoms with Crippen LogP contribution in [0.2, 0.25) is 0 Å². The molecular formula is C15H23FN2O2. The Morgan fingerprint density at radius 1 is 1.45 bits per heavy atom. The summed E-state index contributed by atoms with van der Waals surface area (Å²) in [4.78, 5) is 11.7.